The Labute approximate surface area is 150 Å². The largest absolute Gasteiger partial charge is 0.338 e. The van der Waals surface area contributed by atoms with E-state index in [1.54, 1.807) is 4.90 Å². The van der Waals surface area contributed by atoms with E-state index < -0.39 is 0 Å². The highest BCUT2D eigenvalue weighted by Gasteiger charge is 2.28. The van der Waals surface area contributed by atoms with Crippen LogP contribution in [0.1, 0.15) is 44.9 Å². The molecule has 0 bridgehead atoms. The molecule has 5 nitrogen and oxygen atoms in total. The average Bonchev–Trinajstić information content (AvgIpc) is 3.16. The van der Waals surface area contributed by atoms with Gasteiger partial charge in [-0.2, -0.15) is 0 Å². The third kappa shape index (κ3) is 5.21. The monoisotopic (exact) mass is 343 g/mol. The van der Waals surface area contributed by atoms with Crippen LogP contribution in [0, 0.1) is 11.8 Å². The molecule has 2 fully saturated rings. The molecule has 25 heavy (non-hydrogen) atoms. The Kier molecular flexibility index (Phi) is 6.31. The van der Waals surface area contributed by atoms with E-state index in [4.69, 9.17) is 0 Å². The van der Waals surface area contributed by atoms with Crippen molar-refractivity contribution in [2.24, 2.45) is 11.8 Å². The van der Waals surface area contributed by atoms with Crippen molar-refractivity contribution in [3.05, 3.63) is 30.3 Å². The number of nitrogens with zero attached hydrogens (tertiary/aromatic N) is 1. The van der Waals surface area contributed by atoms with Crippen LogP contribution in [0.5, 0.6) is 0 Å². The predicted molar refractivity (Wildman–Crippen MR) is 99.3 cm³/mol. The number of piperidine rings is 1. The Morgan fingerprint density at radius 1 is 1.04 bits per heavy atom. The lowest BCUT2D eigenvalue weighted by Gasteiger charge is -2.32. The number of nitrogens with one attached hydrogen (secondary N) is 2. The summed E-state index contributed by atoms with van der Waals surface area (Å²) in [6, 6.07) is 9.48. The molecule has 1 aromatic rings. The van der Waals surface area contributed by atoms with E-state index >= 15 is 0 Å². The number of urea groups is 1. The van der Waals surface area contributed by atoms with E-state index in [0.717, 1.165) is 44.0 Å². The van der Waals surface area contributed by atoms with E-state index in [1.807, 2.05) is 30.3 Å². The Morgan fingerprint density at radius 3 is 2.56 bits per heavy atom. The van der Waals surface area contributed by atoms with Crippen LogP contribution in [0.3, 0.4) is 0 Å². The SMILES string of the molecule is O=C(Nc1ccccc1)C1CCCN(C(=O)NCCC2CCCC2)C1. The Hall–Kier alpha value is -2.04. The lowest BCUT2D eigenvalue weighted by atomic mass is 9.97. The lowest BCUT2D eigenvalue weighted by Crippen LogP contribution is -2.48. The molecule has 1 aliphatic heterocycles. The number of hydrogen-bond donors (Lipinski definition) is 2. The van der Waals surface area contributed by atoms with Crippen LogP contribution in [-0.4, -0.2) is 36.5 Å². The summed E-state index contributed by atoms with van der Waals surface area (Å²) in [6.45, 7) is 2.00. The summed E-state index contributed by atoms with van der Waals surface area (Å²) in [5.41, 5.74) is 0.811. The lowest BCUT2D eigenvalue weighted by molar-refractivity contribution is -0.121. The number of carbonyl (C=O) groups excluding carboxylic acids is 2. The molecule has 1 heterocycles. The van der Waals surface area contributed by atoms with Gasteiger partial charge in [-0.15, -0.1) is 0 Å². The van der Waals surface area contributed by atoms with E-state index in [0.29, 0.717) is 6.54 Å². The summed E-state index contributed by atoms with van der Waals surface area (Å²) in [4.78, 5) is 26.6. The number of amides is 3. The highest BCUT2D eigenvalue weighted by molar-refractivity contribution is 5.93. The normalized spacial score (nSPS) is 21.1. The molecule has 3 amide bonds. The summed E-state index contributed by atoms with van der Waals surface area (Å²) < 4.78 is 0. The quantitative estimate of drug-likeness (QED) is 0.857. The average molecular weight is 343 g/mol. The molecular formula is C20H29N3O2. The maximum absolute atomic E-state index is 12.5. The summed E-state index contributed by atoms with van der Waals surface area (Å²) in [5.74, 6) is 0.662. The molecular weight excluding hydrogens is 314 g/mol. The van der Waals surface area contributed by atoms with E-state index in [9.17, 15) is 9.59 Å². The molecule has 1 atom stereocenters. The van der Waals surface area contributed by atoms with Crippen molar-refractivity contribution in [2.75, 3.05) is 25.0 Å². The zero-order chi connectivity index (χ0) is 17.5. The second kappa shape index (κ2) is 8.88. The van der Waals surface area contributed by atoms with Gasteiger partial charge in [0.05, 0.1) is 5.92 Å². The number of hydrogen-bond acceptors (Lipinski definition) is 2. The van der Waals surface area contributed by atoms with Crippen LogP contribution in [-0.2, 0) is 4.79 Å². The number of benzene rings is 1. The minimum Gasteiger partial charge on any atom is -0.338 e. The third-order valence-corrected chi connectivity index (χ3v) is 5.42. The number of para-hydroxylation sites is 1. The Morgan fingerprint density at radius 2 is 1.80 bits per heavy atom. The van der Waals surface area contributed by atoms with Crippen molar-refractivity contribution in [2.45, 2.75) is 44.9 Å². The number of likely N-dealkylation sites (tertiary alicyclic amines) is 1. The first-order chi connectivity index (χ1) is 12.2. The van der Waals surface area contributed by atoms with Gasteiger partial charge in [0, 0.05) is 25.3 Å². The van der Waals surface area contributed by atoms with Crippen molar-refractivity contribution in [3.63, 3.8) is 0 Å². The van der Waals surface area contributed by atoms with Crippen molar-refractivity contribution >= 4 is 17.6 Å². The van der Waals surface area contributed by atoms with E-state index in [-0.39, 0.29) is 17.9 Å². The van der Waals surface area contributed by atoms with Gasteiger partial charge < -0.3 is 15.5 Å². The minimum absolute atomic E-state index is 0.00894. The first kappa shape index (κ1) is 17.8. The number of carbonyl (C=O) groups is 2. The molecule has 2 aliphatic rings. The van der Waals surface area contributed by atoms with Crippen LogP contribution in [0.15, 0.2) is 30.3 Å². The fourth-order valence-electron chi connectivity index (χ4n) is 3.94. The standard InChI is InChI=1S/C20H29N3O2/c24-19(22-18-10-2-1-3-11-18)17-9-6-14-23(15-17)20(25)21-13-12-16-7-4-5-8-16/h1-3,10-11,16-17H,4-9,12-15H2,(H,21,25)(H,22,24). The van der Waals surface area contributed by atoms with Crippen LogP contribution in [0.4, 0.5) is 10.5 Å². The smallest absolute Gasteiger partial charge is 0.317 e. The zero-order valence-electron chi connectivity index (χ0n) is 14.9. The molecule has 1 aliphatic carbocycles. The van der Waals surface area contributed by atoms with Crippen LogP contribution in [0.25, 0.3) is 0 Å². The van der Waals surface area contributed by atoms with Crippen LogP contribution < -0.4 is 10.6 Å². The van der Waals surface area contributed by atoms with Gasteiger partial charge in [-0.25, -0.2) is 4.79 Å². The molecule has 1 saturated carbocycles. The summed E-state index contributed by atoms with van der Waals surface area (Å²) >= 11 is 0. The van der Waals surface area contributed by atoms with Gasteiger partial charge in [-0.05, 0) is 37.3 Å². The molecule has 0 radical (unpaired) electrons. The fraction of sp³-hybridized carbons (Fsp3) is 0.600. The maximum Gasteiger partial charge on any atom is 0.317 e. The summed E-state index contributed by atoms with van der Waals surface area (Å²) in [6.07, 6.45) is 8.08. The topological polar surface area (TPSA) is 61.4 Å². The van der Waals surface area contributed by atoms with Gasteiger partial charge in [0.25, 0.3) is 0 Å². The van der Waals surface area contributed by atoms with E-state index in [1.165, 1.54) is 25.7 Å². The molecule has 0 aromatic heterocycles. The molecule has 0 spiro atoms. The van der Waals surface area contributed by atoms with Crippen molar-refractivity contribution in [1.29, 1.82) is 0 Å². The first-order valence-corrected chi connectivity index (χ1v) is 9.61. The van der Waals surface area contributed by atoms with Crippen LogP contribution >= 0.6 is 0 Å². The third-order valence-electron chi connectivity index (χ3n) is 5.42. The van der Waals surface area contributed by atoms with Crippen molar-refractivity contribution < 1.29 is 9.59 Å². The second-order valence-electron chi connectivity index (χ2n) is 7.31. The summed E-state index contributed by atoms with van der Waals surface area (Å²) in [5, 5.41) is 6.00. The molecule has 136 valence electrons. The Balaban J connectivity index is 1.43. The number of rotatable bonds is 5. The number of anilines is 1. The molecule has 5 heteroatoms. The highest BCUT2D eigenvalue weighted by atomic mass is 16.2. The second-order valence-corrected chi connectivity index (χ2v) is 7.31. The predicted octanol–water partition coefficient (Wildman–Crippen LogP) is 3.63. The molecule has 1 saturated heterocycles. The van der Waals surface area contributed by atoms with Gasteiger partial charge in [-0.1, -0.05) is 43.9 Å². The van der Waals surface area contributed by atoms with Gasteiger partial charge in [-0.3, -0.25) is 4.79 Å². The van der Waals surface area contributed by atoms with Crippen molar-refractivity contribution in [1.82, 2.24) is 10.2 Å². The van der Waals surface area contributed by atoms with Gasteiger partial charge in [0.2, 0.25) is 5.91 Å². The maximum atomic E-state index is 12.5. The molecule has 3 rings (SSSR count). The Bertz CT molecular complexity index is 570. The molecule has 2 N–H and O–H groups in total. The molecule has 1 unspecified atom stereocenters. The van der Waals surface area contributed by atoms with E-state index in [2.05, 4.69) is 10.6 Å². The fourth-order valence-corrected chi connectivity index (χ4v) is 3.94. The van der Waals surface area contributed by atoms with Crippen LogP contribution in [0.2, 0.25) is 0 Å². The van der Waals surface area contributed by atoms with Gasteiger partial charge in [0.15, 0.2) is 0 Å². The molecule has 1 aromatic carbocycles. The minimum atomic E-state index is -0.130. The highest BCUT2D eigenvalue weighted by Crippen LogP contribution is 2.27. The van der Waals surface area contributed by atoms with Gasteiger partial charge in [0.1, 0.15) is 0 Å². The zero-order valence-corrected chi connectivity index (χ0v) is 14.9. The van der Waals surface area contributed by atoms with Gasteiger partial charge >= 0.3 is 6.03 Å². The summed E-state index contributed by atoms with van der Waals surface area (Å²) in [7, 11) is 0. The van der Waals surface area contributed by atoms with Crippen molar-refractivity contribution in [3.8, 4) is 0 Å². The first-order valence-electron chi connectivity index (χ1n) is 9.61.